The molecule has 2 atom stereocenters. The number of amides is 1. The average molecular weight is 406 g/mol. The first-order valence-corrected chi connectivity index (χ1v) is 9.60. The molecule has 0 aromatic rings. The molecule has 2 heterocycles. The van der Waals surface area contributed by atoms with Crippen molar-refractivity contribution in [2.24, 2.45) is 0 Å². The summed E-state index contributed by atoms with van der Waals surface area (Å²) in [5, 5.41) is 5.48. The lowest BCUT2D eigenvalue weighted by Crippen LogP contribution is -2.57. The van der Waals surface area contributed by atoms with Crippen molar-refractivity contribution in [3.63, 3.8) is 0 Å². The van der Waals surface area contributed by atoms with Crippen LogP contribution in [0.1, 0.15) is 19.3 Å². The number of hydrogen-bond acceptors (Lipinski definition) is 5. The van der Waals surface area contributed by atoms with Gasteiger partial charge >= 0.3 is 6.18 Å². The summed E-state index contributed by atoms with van der Waals surface area (Å²) >= 11 is 1.42. The zero-order valence-electron chi connectivity index (χ0n) is 14.1. The third-order valence-electron chi connectivity index (χ3n) is 4.27. The molecular formula is C15H27ClF3N3O2S. The van der Waals surface area contributed by atoms with Crippen molar-refractivity contribution >= 4 is 30.1 Å². The van der Waals surface area contributed by atoms with Crippen LogP contribution in [0.4, 0.5) is 13.2 Å². The van der Waals surface area contributed by atoms with E-state index in [0.717, 1.165) is 25.9 Å². The van der Waals surface area contributed by atoms with Gasteiger partial charge in [-0.05, 0) is 19.3 Å². The molecule has 1 amide bonds. The van der Waals surface area contributed by atoms with Crippen molar-refractivity contribution < 1.29 is 22.7 Å². The predicted octanol–water partition coefficient (Wildman–Crippen LogP) is 1.66. The number of carbonyl (C=O) groups excluding carboxylic acids is 1. The Morgan fingerprint density at radius 1 is 1.32 bits per heavy atom. The molecule has 148 valence electrons. The van der Waals surface area contributed by atoms with Crippen molar-refractivity contribution in [2.45, 2.75) is 37.6 Å². The van der Waals surface area contributed by atoms with Crippen LogP contribution >= 0.6 is 24.2 Å². The maximum absolute atomic E-state index is 13.2. The Morgan fingerprint density at radius 2 is 2.04 bits per heavy atom. The molecule has 0 bridgehead atoms. The Morgan fingerprint density at radius 3 is 2.64 bits per heavy atom. The normalized spacial score (nSPS) is 23.6. The zero-order valence-corrected chi connectivity index (χ0v) is 15.8. The SMILES string of the molecule is Cl.O=C(CSCC1CCCCO1)NCC(N1CCNCC1)C(F)(F)F. The summed E-state index contributed by atoms with van der Waals surface area (Å²) in [6.45, 7) is 2.13. The number of nitrogens with one attached hydrogen (secondary N) is 2. The highest BCUT2D eigenvalue weighted by Gasteiger charge is 2.43. The quantitative estimate of drug-likeness (QED) is 0.674. The monoisotopic (exact) mass is 405 g/mol. The molecule has 2 saturated heterocycles. The molecule has 0 radical (unpaired) electrons. The molecular weight excluding hydrogens is 379 g/mol. The molecule has 25 heavy (non-hydrogen) atoms. The first-order valence-electron chi connectivity index (χ1n) is 8.44. The van der Waals surface area contributed by atoms with Crippen molar-refractivity contribution in [3.8, 4) is 0 Å². The van der Waals surface area contributed by atoms with E-state index in [1.54, 1.807) is 0 Å². The van der Waals surface area contributed by atoms with E-state index in [9.17, 15) is 18.0 Å². The van der Waals surface area contributed by atoms with Crippen molar-refractivity contribution in [1.82, 2.24) is 15.5 Å². The standard InChI is InChI=1S/C15H26F3N3O2S.ClH/c16-15(17,18)13(21-6-4-19-5-7-21)9-20-14(22)11-24-10-12-3-1-2-8-23-12;/h12-13,19H,1-11H2,(H,20,22);1H. The maximum atomic E-state index is 13.2. The summed E-state index contributed by atoms with van der Waals surface area (Å²) in [6.07, 6.45) is -0.969. The highest BCUT2D eigenvalue weighted by molar-refractivity contribution is 7.99. The molecule has 0 spiro atoms. The van der Waals surface area contributed by atoms with E-state index in [2.05, 4.69) is 10.6 Å². The lowest BCUT2D eigenvalue weighted by Gasteiger charge is -2.35. The maximum Gasteiger partial charge on any atom is 0.405 e. The fourth-order valence-corrected chi connectivity index (χ4v) is 3.86. The molecule has 0 aromatic carbocycles. The van der Waals surface area contributed by atoms with Crippen molar-refractivity contribution in [1.29, 1.82) is 0 Å². The van der Waals surface area contributed by atoms with Gasteiger partial charge in [0.2, 0.25) is 5.91 Å². The lowest BCUT2D eigenvalue weighted by atomic mass is 10.1. The Balaban J connectivity index is 0.00000312. The molecule has 0 aromatic heterocycles. The first kappa shape index (κ1) is 22.8. The van der Waals surface area contributed by atoms with Gasteiger partial charge in [-0.1, -0.05) is 0 Å². The molecule has 2 N–H and O–H groups in total. The average Bonchev–Trinajstić information content (AvgIpc) is 2.56. The van der Waals surface area contributed by atoms with Crippen LogP contribution < -0.4 is 10.6 Å². The Bertz CT molecular complexity index is 393. The van der Waals surface area contributed by atoms with Crippen LogP contribution in [0, 0.1) is 0 Å². The third kappa shape index (κ3) is 8.34. The molecule has 10 heteroatoms. The van der Waals surface area contributed by atoms with Crippen LogP contribution in [0.2, 0.25) is 0 Å². The van der Waals surface area contributed by atoms with Crippen LogP contribution in [0.15, 0.2) is 0 Å². The number of hydrogen-bond donors (Lipinski definition) is 2. The van der Waals surface area contributed by atoms with Gasteiger partial charge in [0.05, 0.1) is 11.9 Å². The van der Waals surface area contributed by atoms with Crippen LogP contribution in [0.3, 0.4) is 0 Å². The zero-order chi connectivity index (χ0) is 17.4. The van der Waals surface area contributed by atoms with Gasteiger partial charge in [0.25, 0.3) is 0 Å². The Hall–Kier alpha value is -0.220. The summed E-state index contributed by atoms with van der Waals surface area (Å²) in [7, 11) is 0. The third-order valence-corrected chi connectivity index (χ3v) is 5.35. The summed E-state index contributed by atoms with van der Waals surface area (Å²) in [5.41, 5.74) is 0. The van der Waals surface area contributed by atoms with Crippen molar-refractivity contribution in [2.75, 3.05) is 50.8 Å². The van der Waals surface area contributed by atoms with E-state index in [1.165, 1.54) is 16.7 Å². The van der Waals surface area contributed by atoms with E-state index < -0.39 is 12.2 Å². The number of thioether (sulfide) groups is 1. The van der Waals surface area contributed by atoms with E-state index in [-0.39, 0.29) is 36.7 Å². The second-order valence-electron chi connectivity index (χ2n) is 6.15. The number of nitrogens with zero attached hydrogens (tertiary/aromatic N) is 1. The van der Waals surface area contributed by atoms with E-state index in [1.807, 2.05) is 0 Å². The summed E-state index contributed by atoms with van der Waals surface area (Å²) in [5.74, 6) is 0.542. The number of alkyl halides is 3. The molecule has 2 aliphatic heterocycles. The Kier molecular flexibility index (Phi) is 10.5. The molecule has 0 aliphatic carbocycles. The summed E-state index contributed by atoms with van der Waals surface area (Å²) in [4.78, 5) is 13.2. The fourth-order valence-electron chi connectivity index (χ4n) is 2.93. The van der Waals surface area contributed by atoms with Gasteiger partial charge in [-0.25, -0.2) is 0 Å². The minimum absolute atomic E-state index is 0. The van der Waals surface area contributed by atoms with E-state index >= 15 is 0 Å². The second kappa shape index (κ2) is 11.5. The van der Waals surface area contributed by atoms with Crippen LogP contribution in [0.25, 0.3) is 0 Å². The lowest BCUT2D eigenvalue weighted by molar-refractivity contribution is -0.183. The molecule has 2 rings (SSSR count). The predicted molar refractivity (Wildman–Crippen MR) is 95.5 cm³/mol. The minimum Gasteiger partial charge on any atom is -0.377 e. The van der Waals surface area contributed by atoms with Gasteiger partial charge in [-0.2, -0.15) is 13.2 Å². The van der Waals surface area contributed by atoms with Gasteiger partial charge in [0.1, 0.15) is 6.04 Å². The highest BCUT2D eigenvalue weighted by Crippen LogP contribution is 2.25. The van der Waals surface area contributed by atoms with Crippen molar-refractivity contribution in [3.05, 3.63) is 0 Å². The smallest absolute Gasteiger partial charge is 0.377 e. The van der Waals surface area contributed by atoms with Gasteiger partial charge < -0.3 is 15.4 Å². The molecule has 2 unspecified atom stereocenters. The molecule has 0 saturated carbocycles. The number of piperazine rings is 1. The van der Waals surface area contributed by atoms with Gasteiger partial charge in [-0.3, -0.25) is 9.69 Å². The number of carbonyl (C=O) groups is 1. The number of ether oxygens (including phenoxy) is 1. The summed E-state index contributed by atoms with van der Waals surface area (Å²) < 4.78 is 45.2. The van der Waals surface area contributed by atoms with Crippen LogP contribution in [0.5, 0.6) is 0 Å². The minimum atomic E-state index is -4.34. The largest absolute Gasteiger partial charge is 0.405 e. The highest BCUT2D eigenvalue weighted by atomic mass is 35.5. The van der Waals surface area contributed by atoms with Gasteiger partial charge in [0.15, 0.2) is 0 Å². The molecule has 2 fully saturated rings. The van der Waals surface area contributed by atoms with Gasteiger partial charge in [-0.15, -0.1) is 24.2 Å². The topological polar surface area (TPSA) is 53.6 Å². The van der Waals surface area contributed by atoms with Crippen LogP contribution in [-0.2, 0) is 9.53 Å². The van der Waals surface area contributed by atoms with E-state index in [0.29, 0.717) is 31.9 Å². The Labute approximate surface area is 157 Å². The number of halogens is 4. The second-order valence-corrected chi connectivity index (χ2v) is 7.18. The number of rotatable bonds is 7. The van der Waals surface area contributed by atoms with Gasteiger partial charge in [0, 0.05) is 45.1 Å². The van der Waals surface area contributed by atoms with Crippen LogP contribution in [-0.4, -0.2) is 80.0 Å². The summed E-state index contributed by atoms with van der Waals surface area (Å²) in [6, 6.07) is -1.62. The first-order chi connectivity index (χ1) is 11.5. The fraction of sp³-hybridized carbons (Fsp3) is 0.933. The molecule has 5 nitrogen and oxygen atoms in total. The van der Waals surface area contributed by atoms with E-state index in [4.69, 9.17) is 4.74 Å². The molecule has 2 aliphatic rings.